The van der Waals surface area contributed by atoms with Crippen molar-refractivity contribution in [2.75, 3.05) is 13.1 Å². The average Bonchev–Trinajstić information content (AvgIpc) is 2.36. The number of likely N-dealkylation sites (tertiary alicyclic amines) is 1. The molecule has 5 heteroatoms. The van der Waals surface area contributed by atoms with Gasteiger partial charge in [0.1, 0.15) is 5.75 Å². The Labute approximate surface area is 111 Å². The largest absolute Gasteiger partial charge is 0.435 e. The zero-order valence-electron chi connectivity index (χ0n) is 10.9. The first-order chi connectivity index (χ1) is 9.04. The van der Waals surface area contributed by atoms with E-state index in [2.05, 4.69) is 16.6 Å². The number of ether oxygens (including phenoxy) is 1. The minimum atomic E-state index is -2.79. The van der Waals surface area contributed by atoms with Crippen molar-refractivity contribution in [3.8, 4) is 5.75 Å². The molecule has 2 atom stereocenters. The van der Waals surface area contributed by atoms with Crippen molar-refractivity contribution in [3.63, 3.8) is 0 Å². The van der Waals surface area contributed by atoms with Crippen LogP contribution in [0.2, 0.25) is 0 Å². The summed E-state index contributed by atoms with van der Waals surface area (Å²) in [6.07, 6.45) is 0.698. The summed E-state index contributed by atoms with van der Waals surface area (Å²) < 4.78 is 28.3. The van der Waals surface area contributed by atoms with Crippen molar-refractivity contribution in [1.82, 2.24) is 4.90 Å². The fourth-order valence-electron chi connectivity index (χ4n) is 2.29. The molecule has 19 heavy (non-hydrogen) atoms. The Balaban J connectivity index is 1.89. The van der Waals surface area contributed by atoms with E-state index >= 15 is 0 Å². The number of alkyl halides is 2. The van der Waals surface area contributed by atoms with Gasteiger partial charge in [-0.2, -0.15) is 8.78 Å². The zero-order valence-corrected chi connectivity index (χ0v) is 10.9. The number of hydrogen-bond donors (Lipinski definition) is 1. The highest BCUT2D eigenvalue weighted by atomic mass is 19.3. The molecular weight excluding hydrogens is 252 g/mol. The van der Waals surface area contributed by atoms with Crippen molar-refractivity contribution in [2.24, 2.45) is 5.92 Å². The maximum atomic E-state index is 12.0. The maximum Gasteiger partial charge on any atom is 0.387 e. The Bertz CT molecular complexity index is 397. The van der Waals surface area contributed by atoms with Crippen LogP contribution in [-0.4, -0.2) is 35.8 Å². The number of piperidine rings is 1. The molecule has 0 saturated carbocycles. The topological polar surface area (TPSA) is 32.7 Å². The average molecular weight is 271 g/mol. The van der Waals surface area contributed by atoms with E-state index in [1.807, 2.05) is 0 Å². The van der Waals surface area contributed by atoms with Gasteiger partial charge in [-0.25, -0.2) is 0 Å². The zero-order chi connectivity index (χ0) is 13.8. The molecule has 1 aliphatic heterocycles. The number of rotatable bonds is 4. The van der Waals surface area contributed by atoms with Gasteiger partial charge in [0, 0.05) is 13.1 Å². The second kappa shape index (κ2) is 6.30. The number of benzene rings is 1. The molecule has 0 bridgehead atoms. The van der Waals surface area contributed by atoms with E-state index in [-0.39, 0.29) is 11.9 Å². The van der Waals surface area contributed by atoms with Crippen molar-refractivity contribution in [2.45, 2.75) is 32.6 Å². The molecule has 0 amide bonds. The molecule has 2 unspecified atom stereocenters. The molecule has 3 nitrogen and oxygen atoms in total. The molecule has 0 aliphatic carbocycles. The summed E-state index contributed by atoms with van der Waals surface area (Å²) >= 11 is 0. The van der Waals surface area contributed by atoms with Crippen molar-refractivity contribution < 1.29 is 18.6 Å². The Morgan fingerprint density at radius 2 is 2.05 bits per heavy atom. The molecule has 1 aromatic carbocycles. The summed E-state index contributed by atoms with van der Waals surface area (Å²) in [4.78, 5) is 2.17. The first-order valence-electron chi connectivity index (χ1n) is 6.49. The monoisotopic (exact) mass is 271 g/mol. The van der Waals surface area contributed by atoms with Gasteiger partial charge in [-0.1, -0.05) is 19.1 Å². The Hall–Kier alpha value is -1.20. The van der Waals surface area contributed by atoms with Gasteiger partial charge in [-0.05, 0) is 36.6 Å². The summed E-state index contributed by atoms with van der Waals surface area (Å²) in [6.45, 7) is 1.60. The van der Waals surface area contributed by atoms with Crippen LogP contribution in [0.5, 0.6) is 5.75 Å². The predicted octanol–water partition coefficient (Wildman–Crippen LogP) is 2.49. The summed E-state index contributed by atoms with van der Waals surface area (Å²) in [7, 11) is 0. The van der Waals surface area contributed by atoms with Crippen LogP contribution < -0.4 is 4.74 Å². The molecule has 0 spiro atoms. The van der Waals surface area contributed by atoms with E-state index in [9.17, 15) is 13.9 Å². The summed E-state index contributed by atoms with van der Waals surface area (Å²) in [5.41, 5.74) is 1.03. The van der Waals surface area contributed by atoms with E-state index in [4.69, 9.17) is 0 Å². The van der Waals surface area contributed by atoms with E-state index < -0.39 is 6.61 Å². The fraction of sp³-hybridized carbons (Fsp3) is 0.571. The Kier molecular flexibility index (Phi) is 4.71. The number of halogens is 2. The molecule has 1 saturated heterocycles. The maximum absolute atomic E-state index is 12.0. The highest BCUT2D eigenvalue weighted by Gasteiger charge is 2.23. The van der Waals surface area contributed by atoms with Crippen LogP contribution in [-0.2, 0) is 6.54 Å². The summed E-state index contributed by atoms with van der Waals surface area (Å²) in [5, 5.41) is 9.82. The Morgan fingerprint density at radius 1 is 1.37 bits per heavy atom. The van der Waals surface area contributed by atoms with Crippen LogP contribution in [0.25, 0.3) is 0 Å². The highest BCUT2D eigenvalue weighted by molar-refractivity contribution is 5.27. The third-order valence-corrected chi connectivity index (χ3v) is 3.56. The van der Waals surface area contributed by atoms with Crippen molar-refractivity contribution in [1.29, 1.82) is 0 Å². The van der Waals surface area contributed by atoms with E-state index in [0.717, 1.165) is 25.1 Å². The molecule has 1 aliphatic rings. The van der Waals surface area contributed by atoms with Gasteiger partial charge in [0.25, 0.3) is 0 Å². The van der Waals surface area contributed by atoms with Crippen LogP contribution in [0.1, 0.15) is 18.9 Å². The van der Waals surface area contributed by atoms with Gasteiger partial charge in [0.05, 0.1) is 6.10 Å². The molecule has 1 aromatic rings. The second-order valence-electron chi connectivity index (χ2n) is 5.09. The Morgan fingerprint density at radius 3 is 2.63 bits per heavy atom. The predicted molar refractivity (Wildman–Crippen MR) is 68.1 cm³/mol. The number of aliphatic hydroxyl groups excluding tert-OH is 1. The molecule has 1 N–H and O–H groups in total. The van der Waals surface area contributed by atoms with Crippen molar-refractivity contribution in [3.05, 3.63) is 29.8 Å². The van der Waals surface area contributed by atoms with Crippen LogP contribution in [0, 0.1) is 5.92 Å². The van der Waals surface area contributed by atoms with Gasteiger partial charge in [0.2, 0.25) is 0 Å². The number of nitrogens with zero attached hydrogens (tertiary/aromatic N) is 1. The van der Waals surface area contributed by atoms with Gasteiger partial charge in [-0.3, -0.25) is 4.90 Å². The third-order valence-electron chi connectivity index (χ3n) is 3.56. The minimum absolute atomic E-state index is 0.172. The van der Waals surface area contributed by atoms with E-state index in [1.165, 1.54) is 0 Å². The number of hydrogen-bond acceptors (Lipinski definition) is 3. The molecule has 0 radical (unpaired) electrons. The van der Waals surface area contributed by atoms with Gasteiger partial charge in [0.15, 0.2) is 0 Å². The molecule has 1 fully saturated rings. The fourth-order valence-corrected chi connectivity index (χ4v) is 2.29. The first kappa shape index (κ1) is 14.2. The van der Waals surface area contributed by atoms with Crippen LogP contribution in [0.3, 0.4) is 0 Å². The highest BCUT2D eigenvalue weighted by Crippen LogP contribution is 2.20. The normalized spacial score (nSPS) is 24.7. The van der Waals surface area contributed by atoms with Crippen molar-refractivity contribution >= 4 is 0 Å². The third kappa shape index (κ3) is 4.14. The first-order valence-corrected chi connectivity index (χ1v) is 6.49. The molecule has 2 rings (SSSR count). The molecule has 106 valence electrons. The van der Waals surface area contributed by atoms with Gasteiger partial charge < -0.3 is 9.84 Å². The van der Waals surface area contributed by atoms with Crippen LogP contribution in [0.15, 0.2) is 24.3 Å². The number of aliphatic hydroxyl groups is 1. The quantitative estimate of drug-likeness (QED) is 0.913. The standard InChI is InChI=1S/C14H19F2NO2/c1-10-6-7-17(9-13(10)18)8-11-2-4-12(5-3-11)19-14(15)16/h2-5,10,13-14,18H,6-9H2,1H3. The lowest BCUT2D eigenvalue weighted by Crippen LogP contribution is -2.42. The van der Waals surface area contributed by atoms with Crippen LogP contribution >= 0.6 is 0 Å². The smallest absolute Gasteiger partial charge is 0.387 e. The van der Waals surface area contributed by atoms with E-state index in [0.29, 0.717) is 12.5 Å². The molecule has 1 heterocycles. The van der Waals surface area contributed by atoms with Gasteiger partial charge >= 0.3 is 6.61 Å². The molecular formula is C14H19F2NO2. The van der Waals surface area contributed by atoms with Crippen LogP contribution in [0.4, 0.5) is 8.78 Å². The minimum Gasteiger partial charge on any atom is -0.435 e. The summed E-state index contributed by atoms with van der Waals surface area (Å²) in [6, 6.07) is 6.65. The summed E-state index contributed by atoms with van der Waals surface area (Å²) in [5.74, 6) is 0.518. The lowest BCUT2D eigenvalue weighted by atomic mass is 9.96. The van der Waals surface area contributed by atoms with Gasteiger partial charge in [-0.15, -0.1) is 0 Å². The van der Waals surface area contributed by atoms with E-state index in [1.54, 1.807) is 24.3 Å². The lowest BCUT2D eigenvalue weighted by Gasteiger charge is -2.34. The lowest BCUT2D eigenvalue weighted by molar-refractivity contribution is -0.0498. The second-order valence-corrected chi connectivity index (χ2v) is 5.09. The number of β-amino-alcohol motifs (C(OH)–C–C–N with tert-alkyl or cyclic N) is 1. The molecule has 0 aromatic heterocycles. The SMILES string of the molecule is CC1CCN(Cc2ccc(OC(F)F)cc2)CC1O.